The lowest BCUT2D eigenvalue weighted by molar-refractivity contribution is 0.129. The van der Waals surface area contributed by atoms with E-state index in [9.17, 15) is 0 Å². The summed E-state index contributed by atoms with van der Waals surface area (Å²) in [4.78, 5) is 0. The first-order chi connectivity index (χ1) is 10.6. The van der Waals surface area contributed by atoms with Gasteiger partial charge in [-0.1, -0.05) is 63.3 Å². The minimum absolute atomic E-state index is 0.623. The summed E-state index contributed by atoms with van der Waals surface area (Å²) in [7, 11) is 0. The Morgan fingerprint density at radius 1 is 1.09 bits per heavy atom. The highest BCUT2D eigenvalue weighted by molar-refractivity contribution is 5.25. The van der Waals surface area contributed by atoms with Crippen LogP contribution >= 0.6 is 0 Å². The van der Waals surface area contributed by atoms with Gasteiger partial charge < -0.3 is 0 Å². The van der Waals surface area contributed by atoms with Crippen molar-refractivity contribution in [2.75, 3.05) is 0 Å². The predicted molar refractivity (Wildman–Crippen MR) is 96.9 cm³/mol. The van der Waals surface area contributed by atoms with Crippen LogP contribution < -0.4 is 0 Å². The third-order valence-electron chi connectivity index (χ3n) is 7.14. The van der Waals surface area contributed by atoms with Crippen molar-refractivity contribution in [2.45, 2.75) is 91.4 Å². The third kappa shape index (κ3) is 3.22. The van der Waals surface area contributed by atoms with Crippen molar-refractivity contribution < 1.29 is 0 Å². The van der Waals surface area contributed by atoms with Crippen molar-refractivity contribution in [2.24, 2.45) is 23.2 Å². The molecule has 3 aliphatic rings. The Kier molecular flexibility index (Phi) is 5.15. The molecule has 0 aliphatic heterocycles. The molecular formula is C22H36. The fourth-order valence-electron chi connectivity index (χ4n) is 5.87. The van der Waals surface area contributed by atoms with E-state index in [1.165, 1.54) is 70.6 Å². The zero-order chi connectivity index (χ0) is 15.6. The molecule has 0 aromatic heterocycles. The van der Waals surface area contributed by atoms with Crippen molar-refractivity contribution in [3.05, 3.63) is 23.3 Å². The van der Waals surface area contributed by atoms with E-state index in [-0.39, 0.29) is 0 Å². The second-order valence-corrected chi connectivity index (χ2v) is 8.74. The Hall–Kier alpha value is -0.520. The molecule has 0 radical (unpaired) electrons. The maximum atomic E-state index is 2.62. The maximum absolute atomic E-state index is 2.62. The van der Waals surface area contributed by atoms with Crippen LogP contribution in [0.5, 0.6) is 0 Å². The predicted octanol–water partition coefficient (Wildman–Crippen LogP) is 7.07. The van der Waals surface area contributed by atoms with Crippen LogP contribution in [0.3, 0.4) is 0 Å². The summed E-state index contributed by atoms with van der Waals surface area (Å²) < 4.78 is 0. The average Bonchev–Trinajstić information content (AvgIpc) is 2.83. The van der Waals surface area contributed by atoms with Gasteiger partial charge in [0.2, 0.25) is 0 Å². The molecule has 4 unspecified atom stereocenters. The Labute approximate surface area is 138 Å². The van der Waals surface area contributed by atoms with E-state index in [1.807, 2.05) is 0 Å². The molecule has 0 saturated heterocycles. The average molecular weight is 301 g/mol. The number of rotatable bonds is 3. The summed E-state index contributed by atoms with van der Waals surface area (Å²) in [5.74, 6) is 2.81. The number of fused-ring (bicyclic) bond motifs is 1. The standard InChI is InChI=1S/C22H36/c1-4-7-20-13-14-21-19(10-6-15-22(20,21)3)12-11-18-9-5-8-17(2)16-18/h11-12,17,20-21H,4-10,13-16H2,1-3H3/b18-11-,19-12+. The van der Waals surface area contributed by atoms with E-state index in [1.54, 1.807) is 11.1 Å². The third-order valence-corrected chi connectivity index (χ3v) is 7.14. The van der Waals surface area contributed by atoms with Gasteiger partial charge in [-0.15, -0.1) is 0 Å². The smallest absolute Gasteiger partial charge is 0.0143 e. The molecule has 3 fully saturated rings. The van der Waals surface area contributed by atoms with Gasteiger partial charge in [-0.25, -0.2) is 0 Å². The molecule has 4 atom stereocenters. The first-order valence-corrected chi connectivity index (χ1v) is 10.0. The molecule has 3 rings (SSSR count). The van der Waals surface area contributed by atoms with E-state index in [0.717, 1.165) is 17.8 Å². The molecule has 0 aromatic carbocycles. The van der Waals surface area contributed by atoms with Crippen LogP contribution in [0.25, 0.3) is 0 Å². The lowest BCUT2D eigenvalue weighted by atomic mass is 9.63. The summed E-state index contributed by atoms with van der Waals surface area (Å²) in [5, 5.41) is 0. The second-order valence-electron chi connectivity index (χ2n) is 8.74. The van der Waals surface area contributed by atoms with Gasteiger partial charge in [-0.3, -0.25) is 0 Å². The second kappa shape index (κ2) is 6.93. The number of hydrogen-bond donors (Lipinski definition) is 0. The van der Waals surface area contributed by atoms with Gasteiger partial charge in [-0.05, 0) is 74.5 Å². The zero-order valence-corrected chi connectivity index (χ0v) is 15.2. The minimum Gasteiger partial charge on any atom is -0.0700 e. The van der Waals surface area contributed by atoms with Gasteiger partial charge in [0.15, 0.2) is 0 Å². The molecule has 0 heterocycles. The summed E-state index contributed by atoms with van der Waals surface area (Å²) in [5.41, 5.74) is 4.15. The topological polar surface area (TPSA) is 0 Å². The van der Waals surface area contributed by atoms with Crippen LogP contribution in [0.1, 0.15) is 91.4 Å². The van der Waals surface area contributed by atoms with Crippen LogP contribution in [-0.2, 0) is 0 Å². The van der Waals surface area contributed by atoms with Crippen molar-refractivity contribution in [1.29, 1.82) is 0 Å². The Balaban J connectivity index is 1.74. The summed E-state index contributed by atoms with van der Waals surface area (Å²) in [6.45, 7) is 7.41. The molecule has 124 valence electrons. The van der Waals surface area contributed by atoms with E-state index in [0.29, 0.717) is 5.41 Å². The first kappa shape index (κ1) is 16.3. The first-order valence-electron chi connectivity index (χ1n) is 10.0. The molecule has 22 heavy (non-hydrogen) atoms. The largest absolute Gasteiger partial charge is 0.0700 e. The summed E-state index contributed by atoms with van der Waals surface area (Å²) >= 11 is 0. The Morgan fingerprint density at radius 3 is 2.73 bits per heavy atom. The van der Waals surface area contributed by atoms with Crippen LogP contribution in [-0.4, -0.2) is 0 Å². The molecule has 3 saturated carbocycles. The van der Waals surface area contributed by atoms with Crippen LogP contribution in [0.15, 0.2) is 23.3 Å². The van der Waals surface area contributed by atoms with Gasteiger partial charge in [0.05, 0.1) is 0 Å². The number of allylic oxidation sites excluding steroid dienone is 4. The molecule has 0 heteroatoms. The lowest BCUT2D eigenvalue weighted by Crippen LogP contribution is -2.33. The van der Waals surface area contributed by atoms with Gasteiger partial charge in [0, 0.05) is 0 Å². The van der Waals surface area contributed by atoms with E-state index < -0.39 is 0 Å². The summed E-state index contributed by atoms with van der Waals surface area (Å²) in [6, 6.07) is 0. The highest BCUT2D eigenvalue weighted by atomic mass is 14.5. The monoisotopic (exact) mass is 300 g/mol. The van der Waals surface area contributed by atoms with Crippen molar-refractivity contribution >= 4 is 0 Å². The van der Waals surface area contributed by atoms with E-state index in [2.05, 4.69) is 32.9 Å². The van der Waals surface area contributed by atoms with Gasteiger partial charge >= 0.3 is 0 Å². The quantitative estimate of drug-likeness (QED) is 0.523. The molecule has 0 nitrogen and oxygen atoms in total. The molecule has 0 bridgehead atoms. The van der Waals surface area contributed by atoms with Crippen LogP contribution in [0, 0.1) is 23.2 Å². The molecule has 0 aromatic rings. The summed E-state index contributed by atoms with van der Waals surface area (Å²) in [6.07, 6.45) is 20.7. The molecule has 0 amide bonds. The Morgan fingerprint density at radius 2 is 1.95 bits per heavy atom. The van der Waals surface area contributed by atoms with Crippen molar-refractivity contribution in [1.82, 2.24) is 0 Å². The SMILES string of the molecule is CCCC1CCC2/C(=C/C=C3/CCCC(C)C3)CCCC12C. The van der Waals surface area contributed by atoms with Gasteiger partial charge in [-0.2, -0.15) is 0 Å². The van der Waals surface area contributed by atoms with Crippen LogP contribution in [0.2, 0.25) is 0 Å². The number of hydrogen-bond acceptors (Lipinski definition) is 0. The molecule has 0 spiro atoms. The fourth-order valence-corrected chi connectivity index (χ4v) is 5.87. The molecular weight excluding hydrogens is 264 g/mol. The van der Waals surface area contributed by atoms with E-state index >= 15 is 0 Å². The molecule has 3 aliphatic carbocycles. The maximum Gasteiger partial charge on any atom is -0.0143 e. The highest BCUT2D eigenvalue weighted by Crippen LogP contribution is 2.58. The fraction of sp³-hybridized carbons (Fsp3) is 0.818. The van der Waals surface area contributed by atoms with Gasteiger partial charge in [0.25, 0.3) is 0 Å². The molecule has 0 N–H and O–H groups in total. The van der Waals surface area contributed by atoms with Gasteiger partial charge in [0.1, 0.15) is 0 Å². The zero-order valence-electron chi connectivity index (χ0n) is 15.2. The van der Waals surface area contributed by atoms with Crippen molar-refractivity contribution in [3.8, 4) is 0 Å². The lowest BCUT2D eigenvalue weighted by Gasteiger charge is -2.42. The Bertz CT molecular complexity index is 441. The normalized spacial score (nSPS) is 42.8. The minimum atomic E-state index is 0.623. The van der Waals surface area contributed by atoms with E-state index in [4.69, 9.17) is 0 Å². The highest BCUT2D eigenvalue weighted by Gasteiger charge is 2.48. The van der Waals surface area contributed by atoms with Crippen LogP contribution in [0.4, 0.5) is 0 Å². The van der Waals surface area contributed by atoms with Crippen molar-refractivity contribution in [3.63, 3.8) is 0 Å².